The minimum Gasteiger partial charge on any atom is -0.444 e. The highest BCUT2D eigenvalue weighted by atomic mass is 32.2. The largest absolute Gasteiger partial charge is 0.444 e. The summed E-state index contributed by atoms with van der Waals surface area (Å²) in [6, 6.07) is 7.74. The maximum absolute atomic E-state index is 11.7. The minimum atomic E-state index is -0.486. The number of hydrogen-bond donors (Lipinski definition) is 2. The van der Waals surface area contributed by atoms with Crippen molar-refractivity contribution in [3.63, 3.8) is 0 Å². The molecule has 1 aromatic carbocycles. The molecule has 1 unspecified atom stereocenters. The molecule has 1 amide bonds. The van der Waals surface area contributed by atoms with Crippen LogP contribution in [0.15, 0.2) is 24.3 Å². The quantitative estimate of drug-likeness (QED) is 0.875. The number of nitrogens with one attached hydrogen (secondary N) is 2. The van der Waals surface area contributed by atoms with Crippen molar-refractivity contribution in [2.75, 3.05) is 28.7 Å². The number of carbonyl (C=O) groups is 1. The number of ether oxygens (including phenoxy) is 1. The van der Waals surface area contributed by atoms with Crippen molar-refractivity contribution in [3.8, 4) is 0 Å². The summed E-state index contributed by atoms with van der Waals surface area (Å²) in [5.41, 5.74) is 1.29. The number of benzene rings is 1. The van der Waals surface area contributed by atoms with Gasteiger partial charge in [0.15, 0.2) is 0 Å². The Balaban J connectivity index is 1.86. The first-order chi connectivity index (χ1) is 9.92. The van der Waals surface area contributed by atoms with Gasteiger partial charge in [-0.3, -0.25) is 5.32 Å². The maximum atomic E-state index is 11.7. The Labute approximate surface area is 131 Å². The maximum Gasteiger partial charge on any atom is 0.412 e. The molecule has 2 rings (SSSR count). The normalized spacial score (nSPS) is 18.3. The molecule has 21 heavy (non-hydrogen) atoms. The average molecular weight is 308 g/mol. The molecule has 1 fully saturated rings. The van der Waals surface area contributed by atoms with E-state index in [1.807, 2.05) is 56.8 Å². The molecule has 5 heteroatoms. The summed E-state index contributed by atoms with van der Waals surface area (Å²) in [6.45, 7) is 6.54. The van der Waals surface area contributed by atoms with Crippen LogP contribution in [0.4, 0.5) is 16.2 Å². The fourth-order valence-corrected chi connectivity index (χ4v) is 3.42. The monoisotopic (exact) mass is 308 g/mol. The van der Waals surface area contributed by atoms with E-state index in [4.69, 9.17) is 4.74 Å². The Hall–Kier alpha value is -1.36. The third-order valence-electron chi connectivity index (χ3n) is 3.13. The summed E-state index contributed by atoms with van der Waals surface area (Å²) in [4.78, 5) is 11.7. The smallest absolute Gasteiger partial charge is 0.412 e. The molecular formula is C16H24N2O2S. The summed E-state index contributed by atoms with van der Waals surface area (Å²) in [5, 5.41) is 6.20. The van der Waals surface area contributed by atoms with E-state index in [0.29, 0.717) is 0 Å². The van der Waals surface area contributed by atoms with Gasteiger partial charge in [0.2, 0.25) is 0 Å². The first-order valence-electron chi connectivity index (χ1n) is 7.34. The molecule has 1 aromatic rings. The zero-order chi connectivity index (χ0) is 15.3. The van der Waals surface area contributed by atoms with Crippen LogP contribution < -0.4 is 10.6 Å². The first kappa shape index (κ1) is 16.0. The van der Waals surface area contributed by atoms with E-state index in [1.54, 1.807) is 0 Å². The number of anilines is 2. The Kier molecular flexibility index (Phi) is 5.39. The van der Waals surface area contributed by atoms with Crippen LogP contribution in [0.5, 0.6) is 0 Å². The van der Waals surface area contributed by atoms with Crippen molar-refractivity contribution in [2.45, 2.75) is 32.8 Å². The lowest BCUT2D eigenvalue weighted by Gasteiger charge is -2.20. The van der Waals surface area contributed by atoms with Crippen LogP contribution in [-0.2, 0) is 4.74 Å². The van der Waals surface area contributed by atoms with Gasteiger partial charge in [-0.15, -0.1) is 0 Å². The van der Waals surface area contributed by atoms with E-state index in [-0.39, 0.29) is 0 Å². The van der Waals surface area contributed by atoms with Crippen LogP contribution in [0.3, 0.4) is 0 Å². The van der Waals surface area contributed by atoms with Crippen molar-refractivity contribution in [1.29, 1.82) is 0 Å². The lowest BCUT2D eigenvalue weighted by Crippen LogP contribution is -2.27. The van der Waals surface area contributed by atoms with Gasteiger partial charge >= 0.3 is 6.09 Å². The van der Waals surface area contributed by atoms with Gasteiger partial charge in [-0.25, -0.2) is 4.79 Å². The predicted octanol–water partition coefficient (Wildman–Crippen LogP) is 4.20. The van der Waals surface area contributed by atoms with E-state index in [9.17, 15) is 4.79 Å². The molecule has 1 aliphatic heterocycles. The summed E-state index contributed by atoms with van der Waals surface area (Å²) in [7, 11) is 0. The van der Waals surface area contributed by atoms with Crippen molar-refractivity contribution in [3.05, 3.63) is 24.3 Å². The predicted molar refractivity (Wildman–Crippen MR) is 90.2 cm³/mol. The van der Waals surface area contributed by atoms with Crippen molar-refractivity contribution in [1.82, 2.24) is 0 Å². The van der Waals surface area contributed by atoms with Crippen molar-refractivity contribution >= 4 is 29.2 Å². The van der Waals surface area contributed by atoms with E-state index in [2.05, 4.69) is 10.6 Å². The third kappa shape index (κ3) is 5.87. The van der Waals surface area contributed by atoms with E-state index in [0.717, 1.165) is 23.8 Å². The van der Waals surface area contributed by atoms with Crippen LogP contribution in [0, 0.1) is 5.92 Å². The summed E-state index contributed by atoms with van der Waals surface area (Å²) >= 11 is 2.02. The van der Waals surface area contributed by atoms with Crippen molar-refractivity contribution < 1.29 is 9.53 Å². The molecule has 116 valence electrons. The lowest BCUT2D eigenvalue weighted by molar-refractivity contribution is 0.0636. The van der Waals surface area contributed by atoms with Crippen LogP contribution in [0.2, 0.25) is 0 Å². The van der Waals surface area contributed by atoms with E-state index >= 15 is 0 Å². The zero-order valence-electron chi connectivity index (χ0n) is 12.9. The number of thioether (sulfide) groups is 1. The molecule has 0 aliphatic carbocycles. The molecule has 2 N–H and O–H groups in total. The second kappa shape index (κ2) is 7.07. The zero-order valence-corrected chi connectivity index (χ0v) is 13.8. The Morgan fingerprint density at radius 1 is 1.38 bits per heavy atom. The second-order valence-electron chi connectivity index (χ2n) is 6.32. The molecule has 0 aromatic heterocycles. The number of hydrogen-bond acceptors (Lipinski definition) is 4. The molecule has 1 aliphatic rings. The van der Waals surface area contributed by atoms with Crippen molar-refractivity contribution in [2.24, 2.45) is 5.92 Å². The highest BCUT2D eigenvalue weighted by Crippen LogP contribution is 2.24. The summed E-state index contributed by atoms with van der Waals surface area (Å²) in [5.74, 6) is 3.26. The van der Waals surface area contributed by atoms with Gasteiger partial charge in [0, 0.05) is 17.9 Å². The Morgan fingerprint density at radius 2 is 2.14 bits per heavy atom. The molecular weight excluding hydrogens is 284 g/mol. The minimum absolute atomic E-state index is 0.424. The molecule has 0 saturated carbocycles. The van der Waals surface area contributed by atoms with Crippen LogP contribution in [-0.4, -0.2) is 29.7 Å². The molecule has 0 spiro atoms. The average Bonchev–Trinajstić information content (AvgIpc) is 2.87. The molecule has 1 heterocycles. The van der Waals surface area contributed by atoms with Gasteiger partial charge in [0.25, 0.3) is 0 Å². The van der Waals surface area contributed by atoms with E-state index < -0.39 is 11.7 Å². The van der Waals surface area contributed by atoms with Gasteiger partial charge in [0.1, 0.15) is 5.60 Å². The Bertz CT molecular complexity index is 479. The number of amides is 1. The van der Waals surface area contributed by atoms with E-state index in [1.165, 1.54) is 17.9 Å². The highest BCUT2D eigenvalue weighted by Gasteiger charge is 2.17. The van der Waals surface area contributed by atoms with Gasteiger partial charge < -0.3 is 10.1 Å². The summed E-state index contributed by atoms with van der Waals surface area (Å²) < 4.78 is 5.25. The van der Waals surface area contributed by atoms with Gasteiger partial charge in [-0.2, -0.15) is 11.8 Å². The SMILES string of the molecule is CC(C)(C)OC(=O)Nc1cccc(NCC2CCSC2)c1. The van der Waals surface area contributed by atoms with Gasteiger partial charge in [-0.05, 0) is 62.8 Å². The standard InChI is InChI=1S/C16H24N2O2S/c1-16(2,3)20-15(19)18-14-6-4-5-13(9-14)17-10-12-7-8-21-11-12/h4-6,9,12,17H,7-8,10-11H2,1-3H3,(H,18,19). The lowest BCUT2D eigenvalue weighted by atomic mass is 10.1. The topological polar surface area (TPSA) is 50.4 Å². The fraction of sp³-hybridized carbons (Fsp3) is 0.562. The molecule has 0 bridgehead atoms. The van der Waals surface area contributed by atoms with Crippen LogP contribution >= 0.6 is 11.8 Å². The number of carbonyl (C=O) groups excluding carboxylic acids is 1. The van der Waals surface area contributed by atoms with Crippen LogP contribution in [0.1, 0.15) is 27.2 Å². The van der Waals surface area contributed by atoms with Crippen LogP contribution in [0.25, 0.3) is 0 Å². The highest BCUT2D eigenvalue weighted by molar-refractivity contribution is 7.99. The number of rotatable bonds is 4. The Morgan fingerprint density at radius 3 is 2.81 bits per heavy atom. The fourth-order valence-electron chi connectivity index (χ4n) is 2.13. The first-order valence-corrected chi connectivity index (χ1v) is 8.49. The molecule has 1 atom stereocenters. The molecule has 1 saturated heterocycles. The van der Waals surface area contributed by atoms with Gasteiger partial charge in [-0.1, -0.05) is 6.07 Å². The summed E-state index contributed by atoms with van der Waals surface area (Å²) in [6.07, 6.45) is 0.861. The molecule has 0 radical (unpaired) electrons. The molecule has 4 nitrogen and oxygen atoms in total. The van der Waals surface area contributed by atoms with Gasteiger partial charge in [0.05, 0.1) is 0 Å². The second-order valence-corrected chi connectivity index (χ2v) is 7.47. The third-order valence-corrected chi connectivity index (χ3v) is 4.36.